The predicted octanol–water partition coefficient (Wildman–Crippen LogP) is 4.24. The normalized spacial score (nSPS) is 12.8. The molecule has 0 N–H and O–H groups in total. The van der Waals surface area contributed by atoms with E-state index in [1.807, 2.05) is 25.9 Å². The van der Waals surface area contributed by atoms with Crippen molar-refractivity contribution in [3.8, 4) is 0 Å². The molecular formula is C22H31F6N3O2. The zero-order valence-corrected chi connectivity index (χ0v) is 19.3. The maximum atomic E-state index is 13.7. The average Bonchev–Trinajstić information content (AvgIpc) is 2.71. The van der Waals surface area contributed by atoms with Crippen LogP contribution in [0.1, 0.15) is 44.4 Å². The molecule has 0 radical (unpaired) electrons. The number of Topliss-reactive ketones (excluding diaryl/α,β-unsaturated/α-hetero) is 1. The van der Waals surface area contributed by atoms with Crippen molar-refractivity contribution in [3.05, 3.63) is 29.6 Å². The van der Waals surface area contributed by atoms with Gasteiger partial charge in [0.2, 0.25) is 11.7 Å². The van der Waals surface area contributed by atoms with E-state index >= 15 is 0 Å². The molecule has 0 aliphatic carbocycles. The molecule has 0 unspecified atom stereocenters. The highest BCUT2D eigenvalue weighted by Gasteiger charge is 2.72. The number of rotatable bonds is 14. The summed E-state index contributed by atoms with van der Waals surface area (Å²) < 4.78 is 79.8. The molecule has 1 aromatic heterocycles. The van der Waals surface area contributed by atoms with Gasteiger partial charge in [-0.3, -0.25) is 14.6 Å². The highest BCUT2D eigenvalue weighted by molar-refractivity contribution is 5.87. The Bertz CT molecular complexity index is 797. The van der Waals surface area contributed by atoms with E-state index in [0.717, 1.165) is 6.54 Å². The van der Waals surface area contributed by atoms with Gasteiger partial charge in [-0.2, -0.15) is 26.3 Å². The molecule has 1 aromatic rings. The molecule has 0 saturated heterocycles. The largest absolute Gasteiger partial charge is 0.379 e. The molecule has 0 bridgehead atoms. The third kappa shape index (κ3) is 7.97. The van der Waals surface area contributed by atoms with Gasteiger partial charge in [-0.05, 0) is 58.0 Å². The van der Waals surface area contributed by atoms with Crippen molar-refractivity contribution in [2.24, 2.45) is 0 Å². The summed E-state index contributed by atoms with van der Waals surface area (Å²) in [5.74, 6) is -18.6. The van der Waals surface area contributed by atoms with Crippen LogP contribution in [0.15, 0.2) is 18.3 Å². The fourth-order valence-electron chi connectivity index (χ4n) is 3.04. The molecule has 1 rings (SSSR count). The molecule has 1 heterocycles. The second-order valence-electron chi connectivity index (χ2n) is 8.25. The standard InChI is InChI=1S/C22H31F6N3O2/c1-5-31(14-13-30(3)4)19(33)8-6-7-17-15-16(11-12-29-17)9-10-18(32)21(25,26)22(27,28)20(2,23)24/h11-12,15H,5-10,13-14H2,1-4H3. The second kappa shape index (κ2) is 11.8. The van der Waals surface area contributed by atoms with Gasteiger partial charge in [0.25, 0.3) is 0 Å². The zero-order chi connectivity index (χ0) is 25.4. The molecule has 0 aromatic carbocycles. The first-order valence-electron chi connectivity index (χ1n) is 10.7. The summed E-state index contributed by atoms with van der Waals surface area (Å²) in [7, 11) is 3.83. The van der Waals surface area contributed by atoms with E-state index in [2.05, 4.69) is 4.98 Å². The molecule has 0 aliphatic rings. The molecule has 0 fully saturated rings. The van der Waals surface area contributed by atoms with Gasteiger partial charge < -0.3 is 9.80 Å². The molecule has 1 amide bonds. The van der Waals surface area contributed by atoms with E-state index in [4.69, 9.17) is 0 Å². The van der Waals surface area contributed by atoms with Crippen molar-refractivity contribution in [2.45, 2.75) is 63.7 Å². The molecule has 5 nitrogen and oxygen atoms in total. The average molecular weight is 483 g/mol. The van der Waals surface area contributed by atoms with Gasteiger partial charge >= 0.3 is 17.8 Å². The van der Waals surface area contributed by atoms with Crippen LogP contribution in [0.3, 0.4) is 0 Å². The predicted molar refractivity (Wildman–Crippen MR) is 112 cm³/mol. The molecule has 11 heteroatoms. The Hall–Kier alpha value is -2.17. The Morgan fingerprint density at radius 1 is 1.00 bits per heavy atom. The number of amides is 1. The lowest BCUT2D eigenvalue weighted by molar-refractivity contribution is -0.290. The highest BCUT2D eigenvalue weighted by Crippen LogP contribution is 2.46. The molecule has 0 spiro atoms. The van der Waals surface area contributed by atoms with Crippen LogP contribution in [0.2, 0.25) is 0 Å². The van der Waals surface area contributed by atoms with Crippen molar-refractivity contribution in [3.63, 3.8) is 0 Å². The van der Waals surface area contributed by atoms with Crippen LogP contribution in [-0.4, -0.2) is 78.0 Å². The minimum absolute atomic E-state index is 0.00279. The SMILES string of the molecule is CCN(CCN(C)C)C(=O)CCCc1cc(CCC(=O)C(F)(F)C(F)(F)C(C)(F)F)ccn1. The minimum atomic E-state index is -5.79. The highest BCUT2D eigenvalue weighted by atomic mass is 19.3. The first-order chi connectivity index (χ1) is 15.1. The molecule has 33 heavy (non-hydrogen) atoms. The molecule has 188 valence electrons. The number of carbonyl (C=O) groups is 2. The summed E-state index contributed by atoms with van der Waals surface area (Å²) >= 11 is 0. The van der Waals surface area contributed by atoms with Crippen LogP contribution in [-0.2, 0) is 22.4 Å². The number of ketones is 1. The van der Waals surface area contributed by atoms with E-state index in [1.54, 1.807) is 4.90 Å². The van der Waals surface area contributed by atoms with Crippen molar-refractivity contribution in [1.29, 1.82) is 0 Å². The van der Waals surface area contributed by atoms with Gasteiger partial charge in [0.15, 0.2) is 0 Å². The fourth-order valence-corrected chi connectivity index (χ4v) is 3.04. The summed E-state index contributed by atoms with van der Waals surface area (Å²) in [6, 6.07) is 2.94. The van der Waals surface area contributed by atoms with Crippen LogP contribution in [0.4, 0.5) is 26.3 Å². The Balaban J connectivity index is 2.64. The topological polar surface area (TPSA) is 53.5 Å². The van der Waals surface area contributed by atoms with E-state index in [-0.39, 0.29) is 25.7 Å². The van der Waals surface area contributed by atoms with Crippen molar-refractivity contribution < 1.29 is 35.9 Å². The quantitative estimate of drug-likeness (QED) is 0.372. The lowest BCUT2D eigenvalue weighted by Gasteiger charge is -2.29. The summed E-state index contributed by atoms with van der Waals surface area (Å²) in [6.07, 6.45) is 1.20. The zero-order valence-electron chi connectivity index (χ0n) is 19.3. The van der Waals surface area contributed by atoms with Gasteiger partial charge in [0, 0.05) is 51.3 Å². The number of aromatic nitrogens is 1. The Morgan fingerprint density at radius 2 is 1.64 bits per heavy atom. The van der Waals surface area contributed by atoms with Crippen molar-refractivity contribution in [2.75, 3.05) is 33.7 Å². The molecule has 0 saturated carbocycles. The first kappa shape index (κ1) is 28.9. The number of hydrogen-bond acceptors (Lipinski definition) is 4. The fraction of sp³-hybridized carbons (Fsp3) is 0.682. The molecular weight excluding hydrogens is 452 g/mol. The maximum Gasteiger partial charge on any atom is 0.379 e. The second-order valence-corrected chi connectivity index (χ2v) is 8.25. The van der Waals surface area contributed by atoms with E-state index in [0.29, 0.717) is 37.2 Å². The summed E-state index contributed by atoms with van der Waals surface area (Å²) in [5, 5.41) is 0. The van der Waals surface area contributed by atoms with E-state index < -0.39 is 30.0 Å². The number of halogens is 6. The molecule has 0 atom stereocenters. The first-order valence-corrected chi connectivity index (χ1v) is 10.7. The van der Waals surface area contributed by atoms with Crippen LogP contribution < -0.4 is 0 Å². The number of aryl methyl sites for hydroxylation is 2. The number of alkyl halides is 6. The van der Waals surface area contributed by atoms with Crippen LogP contribution in [0.5, 0.6) is 0 Å². The third-order valence-electron chi connectivity index (χ3n) is 5.19. The van der Waals surface area contributed by atoms with E-state index in [1.165, 1.54) is 18.3 Å². The van der Waals surface area contributed by atoms with Crippen molar-refractivity contribution >= 4 is 11.7 Å². The summed E-state index contributed by atoms with van der Waals surface area (Å²) in [4.78, 5) is 31.8. The summed E-state index contributed by atoms with van der Waals surface area (Å²) in [6.45, 7) is 3.47. The van der Waals surface area contributed by atoms with Crippen molar-refractivity contribution in [1.82, 2.24) is 14.8 Å². The minimum Gasteiger partial charge on any atom is -0.342 e. The Morgan fingerprint density at radius 3 is 2.18 bits per heavy atom. The van der Waals surface area contributed by atoms with Crippen LogP contribution in [0.25, 0.3) is 0 Å². The number of hydrogen-bond donors (Lipinski definition) is 0. The number of nitrogens with zero attached hydrogens (tertiary/aromatic N) is 3. The Labute approximate surface area is 190 Å². The maximum absolute atomic E-state index is 13.7. The number of likely N-dealkylation sites (N-methyl/N-ethyl adjacent to an activating group) is 2. The summed E-state index contributed by atoms with van der Waals surface area (Å²) in [5.41, 5.74) is 0.921. The molecule has 0 aliphatic heterocycles. The van der Waals surface area contributed by atoms with E-state index in [9.17, 15) is 35.9 Å². The Kier molecular flexibility index (Phi) is 10.3. The van der Waals surface area contributed by atoms with Gasteiger partial charge in [-0.25, -0.2) is 0 Å². The lowest BCUT2D eigenvalue weighted by atomic mass is 9.97. The third-order valence-corrected chi connectivity index (χ3v) is 5.19. The van der Waals surface area contributed by atoms with Gasteiger partial charge in [0.1, 0.15) is 0 Å². The number of pyridine rings is 1. The smallest absolute Gasteiger partial charge is 0.342 e. The van der Waals surface area contributed by atoms with Crippen LogP contribution in [0, 0.1) is 0 Å². The monoisotopic (exact) mass is 483 g/mol. The van der Waals surface area contributed by atoms with Gasteiger partial charge in [0.05, 0.1) is 0 Å². The van der Waals surface area contributed by atoms with Crippen LogP contribution >= 0.6 is 0 Å². The number of carbonyl (C=O) groups excluding carboxylic acids is 2. The van der Waals surface area contributed by atoms with Gasteiger partial charge in [-0.15, -0.1) is 0 Å². The lowest BCUT2D eigenvalue weighted by Crippen LogP contribution is -2.56. The van der Waals surface area contributed by atoms with Gasteiger partial charge in [-0.1, -0.05) is 0 Å².